The van der Waals surface area contributed by atoms with Crippen molar-refractivity contribution < 1.29 is 14.6 Å². The first-order valence-corrected chi connectivity index (χ1v) is 8.45. The molecule has 0 aliphatic carbocycles. The zero-order valence-electron chi connectivity index (χ0n) is 14.8. The Hall–Kier alpha value is -2.25. The number of carbonyl (C=O) groups is 1. The fourth-order valence-electron chi connectivity index (χ4n) is 3.01. The van der Waals surface area contributed by atoms with E-state index in [4.69, 9.17) is 4.74 Å². The highest BCUT2D eigenvalue weighted by atomic mass is 16.5. The SMILES string of the molecule is COCc1ccc(C(=O)N2CCC(O)(c3cn(C(C)C)nn3)C2)cc1. The third-order valence-corrected chi connectivity index (χ3v) is 4.56. The van der Waals surface area contributed by atoms with Crippen molar-refractivity contribution in [2.45, 2.75) is 38.5 Å². The van der Waals surface area contributed by atoms with Crippen LogP contribution in [0.15, 0.2) is 30.5 Å². The second-order valence-electron chi connectivity index (χ2n) is 6.82. The van der Waals surface area contributed by atoms with Crippen molar-refractivity contribution >= 4 is 5.91 Å². The topological polar surface area (TPSA) is 80.5 Å². The molecule has 1 aromatic carbocycles. The molecule has 1 unspecified atom stereocenters. The smallest absolute Gasteiger partial charge is 0.253 e. The van der Waals surface area contributed by atoms with Gasteiger partial charge >= 0.3 is 0 Å². The summed E-state index contributed by atoms with van der Waals surface area (Å²) in [5.74, 6) is -0.0869. The lowest BCUT2D eigenvalue weighted by Gasteiger charge is -2.21. The lowest BCUT2D eigenvalue weighted by atomic mass is 10.00. The molecule has 1 atom stereocenters. The number of benzene rings is 1. The van der Waals surface area contributed by atoms with E-state index < -0.39 is 5.60 Å². The Labute approximate surface area is 147 Å². The molecular formula is C18H24N4O3. The second-order valence-corrected chi connectivity index (χ2v) is 6.82. The van der Waals surface area contributed by atoms with Crippen LogP contribution in [0.4, 0.5) is 0 Å². The van der Waals surface area contributed by atoms with Gasteiger partial charge in [0.05, 0.1) is 19.3 Å². The van der Waals surface area contributed by atoms with Crippen LogP contribution in [0.3, 0.4) is 0 Å². The van der Waals surface area contributed by atoms with E-state index in [0.717, 1.165) is 5.56 Å². The van der Waals surface area contributed by atoms with Crippen LogP contribution >= 0.6 is 0 Å². The highest BCUT2D eigenvalue weighted by Gasteiger charge is 2.42. The summed E-state index contributed by atoms with van der Waals surface area (Å²) in [6.45, 7) is 5.23. The Bertz CT molecular complexity index is 741. The molecule has 0 bridgehead atoms. The number of carbonyl (C=O) groups excluding carboxylic acids is 1. The fraction of sp³-hybridized carbons (Fsp3) is 0.500. The van der Waals surface area contributed by atoms with E-state index in [0.29, 0.717) is 30.8 Å². The van der Waals surface area contributed by atoms with E-state index in [9.17, 15) is 9.90 Å². The highest BCUT2D eigenvalue weighted by Crippen LogP contribution is 2.31. The van der Waals surface area contributed by atoms with Gasteiger partial charge in [-0.3, -0.25) is 4.79 Å². The predicted molar refractivity (Wildman–Crippen MR) is 92.0 cm³/mol. The summed E-state index contributed by atoms with van der Waals surface area (Å²) >= 11 is 0. The molecule has 1 N–H and O–H groups in total. The van der Waals surface area contributed by atoms with Crippen molar-refractivity contribution in [3.63, 3.8) is 0 Å². The quantitative estimate of drug-likeness (QED) is 0.894. The van der Waals surface area contributed by atoms with Gasteiger partial charge in [0.1, 0.15) is 11.3 Å². The molecule has 0 radical (unpaired) electrons. The number of nitrogens with zero attached hydrogens (tertiary/aromatic N) is 4. The van der Waals surface area contributed by atoms with Crippen molar-refractivity contribution in [3.05, 3.63) is 47.3 Å². The molecule has 7 heteroatoms. The number of aliphatic hydroxyl groups is 1. The Morgan fingerprint density at radius 2 is 2.08 bits per heavy atom. The maximum absolute atomic E-state index is 12.7. The number of hydrogen-bond acceptors (Lipinski definition) is 5. The summed E-state index contributed by atoms with van der Waals surface area (Å²) < 4.78 is 6.79. The molecule has 1 fully saturated rings. The van der Waals surface area contributed by atoms with Gasteiger partial charge in [0.15, 0.2) is 0 Å². The molecular weight excluding hydrogens is 320 g/mol. The molecule has 1 aromatic heterocycles. The van der Waals surface area contributed by atoms with Crippen molar-refractivity contribution in [2.24, 2.45) is 0 Å². The van der Waals surface area contributed by atoms with Gasteiger partial charge in [0.2, 0.25) is 0 Å². The molecule has 0 spiro atoms. The third kappa shape index (κ3) is 3.57. The molecule has 1 aliphatic heterocycles. The van der Waals surface area contributed by atoms with Gasteiger partial charge in [-0.1, -0.05) is 17.3 Å². The van der Waals surface area contributed by atoms with Crippen LogP contribution in [0.2, 0.25) is 0 Å². The average molecular weight is 344 g/mol. The van der Waals surface area contributed by atoms with Crippen LogP contribution in [0.1, 0.15) is 47.9 Å². The number of hydrogen-bond donors (Lipinski definition) is 1. The van der Waals surface area contributed by atoms with Gasteiger partial charge in [-0.2, -0.15) is 0 Å². The molecule has 1 aliphatic rings. The molecule has 3 rings (SSSR count). The lowest BCUT2D eigenvalue weighted by molar-refractivity contribution is 0.0381. The summed E-state index contributed by atoms with van der Waals surface area (Å²) in [6, 6.07) is 7.53. The van der Waals surface area contributed by atoms with Crippen LogP contribution in [0.5, 0.6) is 0 Å². The summed E-state index contributed by atoms with van der Waals surface area (Å²) in [4.78, 5) is 14.4. The number of rotatable bonds is 5. The normalized spacial score (nSPS) is 20.4. The molecule has 2 aromatic rings. The zero-order valence-corrected chi connectivity index (χ0v) is 14.8. The van der Waals surface area contributed by atoms with Crippen LogP contribution in [-0.4, -0.2) is 51.1 Å². The Kier molecular flexibility index (Phi) is 4.87. The number of amides is 1. The molecule has 7 nitrogen and oxygen atoms in total. The van der Waals surface area contributed by atoms with E-state index in [2.05, 4.69) is 10.3 Å². The van der Waals surface area contributed by atoms with E-state index >= 15 is 0 Å². The summed E-state index contributed by atoms with van der Waals surface area (Å²) in [7, 11) is 1.64. The molecule has 25 heavy (non-hydrogen) atoms. The Morgan fingerprint density at radius 1 is 1.36 bits per heavy atom. The minimum absolute atomic E-state index is 0.0869. The maximum atomic E-state index is 12.7. The highest BCUT2D eigenvalue weighted by molar-refractivity contribution is 5.94. The van der Waals surface area contributed by atoms with E-state index in [-0.39, 0.29) is 18.5 Å². The molecule has 2 heterocycles. The van der Waals surface area contributed by atoms with Crippen molar-refractivity contribution in [1.82, 2.24) is 19.9 Å². The fourth-order valence-corrected chi connectivity index (χ4v) is 3.01. The first-order chi connectivity index (χ1) is 11.9. The second kappa shape index (κ2) is 6.93. The number of ether oxygens (including phenoxy) is 1. The van der Waals surface area contributed by atoms with Gasteiger partial charge in [-0.15, -0.1) is 5.10 Å². The minimum atomic E-state index is -1.14. The molecule has 1 amide bonds. The van der Waals surface area contributed by atoms with Gasteiger partial charge in [-0.25, -0.2) is 4.68 Å². The number of β-amino-alcohol motifs (C(OH)–C–C–N with tert-alkyl or cyclic N) is 1. The lowest BCUT2D eigenvalue weighted by Crippen LogP contribution is -2.34. The summed E-state index contributed by atoms with van der Waals surface area (Å²) in [6.07, 6.45) is 2.22. The summed E-state index contributed by atoms with van der Waals surface area (Å²) in [5, 5.41) is 19.1. The third-order valence-electron chi connectivity index (χ3n) is 4.56. The Morgan fingerprint density at radius 3 is 2.68 bits per heavy atom. The minimum Gasteiger partial charge on any atom is -0.381 e. The van der Waals surface area contributed by atoms with E-state index in [1.54, 1.807) is 35.0 Å². The first kappa shape index (κ1) is 17.6. The van der Waals surface area contributed by atoms with E-state index in [1.165, 1.54) is 0 Å². The van der Waals surface area contributed by atoms with Gasteiger partial charge < -0.3 is 14.7 Å². The van der Waals surface area contributed by atoms with Crippen LogP contribution < -0.4 is 0 Å². The number of aromatic nitrogens is 3. The van der Waals surface area contributed by atoms with Crippen molar-refractivity contribution in [3.8, 4) is 0 Å². The Balaban J connectivity index is 1.71. The predicted octanol–water partition coefficient (Wildman–Crippen LogP) is 1.74. The molecule has 0 saturated carbocycles. The van der Waals surface area contributed by atoms with Crippen LogP contribution in [0.25, 0.3) is 0 Å². The maximum Gasteiger partial charge on any atom is 0.253 e. The standard InChI is InChI=1S/C18H24N4O3/c1-13(2)22-10-16(19-20-22)18(24)8-9-21(12-18)17(23)15-6-4-14(5-7-15)11-25-3/h4-7,10,13,24H,8-9,11-12H2,1-3H3. The monoisotopic (exact) mass is 344 g/mol. The largest absolute Gasteiger partial charge is 0.381 e. The van der Waals surface area contributed by atoms with E-state index in [1.807, 2.05) is 26.0 Å². The van der Waals surface area contributed by atoms with Gasteiger partial charge in [-0.05, 0) is 31.5 Å². The summed E-state index contributed by atoms with van der Waals surface area (Å²) in [5.41, 5.74) is 1.00. The average Bonchev–Trinajstić information content (AvgIpc) is 3.23. The molecule has 1 saturated heterocycles. The van der Waals surface area contributed by atoms with Crippen molar-refractivity contribution in [1.29, 1.82) is 0 Å². The van der Waals surface area contributed by atoms with Crippen LogP contribution in [0, 0.1) is 0 Å². The van der Waals surface area contributed by atoms with Crippen molar-refractivity contribution in [2.75, 3.05) is 20.2 Å². The van der Waals surface area contributed by atoms with Crippen LogP contribution in [-0.2, 0) is 16.9 Å². The first-order valence-electron chi connectivity index (χ1n) is 8.45. The van der Waals surface area contributed by atoms with Gasteiger partial charge in [0, 0.05) is 31.7 Å². The molecule has 134 valence electrons. The zero-order chi connectivity index (χ0) is 18.0. The number of methoxy groups -OCH3 is 1. The van der Waals surface area contributed by atoms with Gasteiger partial charge in [0.25, 0.3) is 5.91 Å². The number of likely N-dealkylation sites (tertiary alicyclic amines) is 1.